The zero-order chi connectivity index (χ0) is 8.85. The number of nitrogens with zero attached hydrogens (tertiary/aromatic N) is 1. The molecule has 0 saturated carbocycles. The van der Waals surface area contributed by atoms with E-state index in [4.69, 9.17) is 17.3 Å². The highest BCUT2D eigenvalue weighted by atomic mass is 32.1. The molecule has 0 aliphatic rings. The predicted molar refractivity (Wildman–Crippen MR) is 47.0 cm³/mol. The first-order valence-electron chi connectivity index (χ1n) is 3.18. The van der Waals surface area contributed by atoms with E-state index in [9.17, 15) is 0 Å². The van der Waals surface area contributed by atoms with E-state index in [-0.39, 0.29) is 0 Å². The van der Waals surface area contributed by atoms with Gasteiger partial charge in [-0.25, -0.2) is 4.98 Å². The molecule has 62 valence electrons. The molecule has 4 heteroatoms. The van der Waals surface area contributed by atoms with Crippen molar-refractivity contribution in [2.75, 3.05) is 7.11 Å². The first kappa shape index (κ1) is 10.3. The Morgan fingerprint density at radius 2 is 2.00 bits per heavy atom. The highest BCUT2D eigenvalue weighted by molar-refractivity contribution is 7.71. The molecule has 0 fully saturated rings. The molecule has 0 bridgehead atoms. The van der Waals surface area contributed by atoms with Gasteiger partial charge in [0.15, 0.2) is 4.77 Å². The third-order valence-electron chi connectivity index (χ3n) is 1.01. The fraction of sp³-hybridized carbons (Fsp3) is 0.429. The van der Waals surface area contributed by atoms with Crippen LogP contribution in [0, 0.1) is 18.6 Å². The number of hydrogen-bond acceptors (Lipinski definition) is 3. The van der Waals surface area contributed by atoms with Crippen LogP contribution in [0.25, 0.3) is 0 Å². The second kappa shape index (κ2) is 4.98. The largest absolute Gasteiger partial charge is 0.400 e. The van der Waals surface area contributed by atoms with E-state index in [2.05, 4.69) is 9.97 Å². The van der Waals surface area contributed by atoms with E-state index >= 15 is 0 Å². The van der Waals surface area contributed by atoms with Crippen LogP contribution in [0.2, 0.25) is 0 Å². The Morgan fingerprint density at radius 1 is 1.45 bits per heavy atom. The van der Waals surface area contributed by atoms with Gasteiger partial charge in [-0.05, 0) is 32.1 Å². The summed E-state index contributed by atoms with van der Waals surface area (Å²) in [5, 5.41) is 7.00. The van der Waals surface area contributed by atoms with Crippen LogP contribution < -0.4 is 0 Å². The second-order valence-corrected chi connectivity index (χ2v) is 2.40. The normalized spacial score (nSPS) is 8.36. The van der Waals surface area contributed by atoms with Crippen LogP contribution in [0.1, 0.15) is 11.4 Å². The van der Waals surface area contributed by atoms with Crippen LogP contribution in [0.4, 0.5) is 0 Å². The number of aliphatic hydroxyl groups is 1. The molecule has 1 heterocycles. The quantitative estimate of drug-likeness (QED) is 0.581. The van der Waals surface area contributed by atoms with Gasteiger partial charge in [0.25, 0.3) is 0 Å². The van der Waals surface area contributed by atoms with Gasteiger partial charge in [-0.3, -0.25) is 0 Å². The Balaban J connectivity index is 0.000000461. The molecule has 0 amide bonds. The smallest absolute Gasteiger partial charge is 0.197 e. The number of nitrogens with one attached hydrogen (secondary N) is 1. The third kappa shape index (κ3) is 3.85. The molecule has 0 unspecified atom stereocenters. The number of H-pyrrole nitrogens is 1. The van der Waals surface area contributed by atoms with Crippen LogP contribution in [-0.4, -0.2) is 22.2 Å². The van der Waals surface area contributed by atoms with E-state index in [1.165, 1.54) is 0 Å². The van der Waals surface area contributed by atoms with Crippen molar-refractivity contribution in [1.29, 1.82) is 0 Å². The van der Waals surface area contributed by atoms with Gasteiger partial charge < -0.3 is 10.1 Å². The third-order valence-corrected chi connectivity index (χ3v) is 1.20. The van der Waals surface area contributed by atoms with Crippen molar-refractivity contribution in [3.05, 3.63) is 22.2 Å². The van der Waals surface area contributed by atoms with Gasteiger partial charge in [-0.15, -0.1) is 0 Å². The lowest BCUT2D eigenvalue weighted by atomic mass is 10.4. The number of aromatic nitrogens is 2. The van der Waals surface area contributed by atoms with E-state index in [1.54, 1.807) is 0 Å². The SMILES string of the molecule is CO.Cc1cc(C)[nH]c(=S)n1. The highest BCUT2D eigenvalue weighted by Gasteiger charge is 1.85. The maximum Gasteiger partial charge on any atom is 0.197 e. The zero-order valence-corrected chi connectivity index (χ0v) is 7.70. The lowest BCUT2D eigenvalue weighted by molar-refractivity contribution is 0.399. The van der Waals surface area contributed by atoms with Crippen molar-refractivity contribution in [3.8, 4) is 0 Å². The number of aryl methyl sites for hydroxylation is 2. The van der Waals surface area contributed by atoms with Gasteiger partial charge in [0.1, 0.15) is 0 Å². The topological polar surface area (TPSA) is 48.9 Å². The summed E-state index contributed by atoms with van der Waals surface area (Å²) in [6, 6.07) is 1.95. The average molecular weight is 172 g/mol. The molecule has 1 rings (SSSR count). The summed E-state index contributed by atoms with van der Waals surface area (Å²) < 4.78 is 0.563. The first-order valence-corrected chi connectivity index (χ1v) is 3.58. The molecule has 0 atom stereocenters. The summed E-state index contributed by atoms with van der Waals surface area (Å²) in [6.45, 7) is 3.89. The van der Waals surface area contributed by atoms with Gasteiger partial charge in [-0.1, -0.05) is 0 Å². The summed E-state index contributed by atoms with van der Waals surface area (Å²) in [6.07, 6.45) is 0. The van der Waals surface area contributed by atoms with E-state index < -0.39 is 0 Å². The zero-order valence-electron chi connectivity index (χ0n) is 6.88. The van der Waals surface area contributed by atoms with Crippen molar-refractivity contribution >= 4 is 12.2 Å². The van der Waals surface area contributed by atoms with Gasteiger partial charge in [-0.2, -0.15) is 0 Å². The summed E-state index contributed by atoms with van der Waals surface area (Å²) in [7, 11) is 1.00. The highest BCUT2D eigenvalue weighted by Crippen LogP contribution is 1.93. The molecule has 1 aromatic rings. The van der Waals surface area contributed by atoms with Crippen LogP contribution in [-0.2, 0) is 0 Å². The van der Waals surface area contributed by atoms with Crippen molar-refractivity contribution in [1.82, 2.24) is 9.97 Å². The molecule has 0 radical (unpaired) electrons. The second-order valence-electron chi connectivity index (χ2n) is 2.01. The van der Waals surface area contributed by atoms with Crippen molar-refractivity contribution in [2.24, 2.45) is 0 Å². The molecule has 0 aromatic carbocycles. The number of aromatic amines is 1. The summed E-state index contributed by atoms with van der Waals surface area (Å²) >= 11 is 4.82. The standard InChI is InChI=1S/C6H8N2S.CH4O/c1-4-3-5(2)8-6(9)7-4;1-2/h3H,1-2H3,(H,7,8,9);2H,1H3. The molecule has 3 nitrogen and oxygen atoms in total. The van der Waals surface area contributed by atoms with Crippen LogP contribution in [0.15, 0.2) is 6.07 Å². The van der Waals surface area contributed by atoms with Crippen molar-refractivity contribution in [3.63, 3.8) is 0 Å². The average Bonchev–Trinajstić information content (AvgIpc) is 1.88. The van der Waals surface area contributed by atoms with Crippen LogP contribution in [0.5, 0.6) is 0 Å². The number of hydrogen-bond donors (Lipinski definition) is 2. The van der Waals surface area contributed by atoms with Gasteiger partial charge in [0, 0.05) is 18.5 Å². The Kier molecular flexibility index (Phi) is 4.65. The first-order chi connectivity index (χ1) is 5.18. The van der Waals surface area contributed by atoms with Gasteiger partial charge in [0.05, 0.1) is 0 Å². The number of aliphatic hydroxyl groups excluding tert-OH is 1. The Bertz CT molecular complexity index is 246. The molecular formula is C7H12N2OS. The minimum absolute atomic E-state index is 0.563. The molecule has 1 aromatic heterocycles. The van der Waals surface area contributed by atoms with E-state index in [0.29, 0.717) is 4.77 Å². The molecule has 2 N–H and O–H groups in total. The monoisotopic (exact) mass is 172 g/mol. The Morgan fingerprint density at radius 3 is 2.36 bits per heavy atom. The minimum Gasteiger partial charge on any atom is -0.400 e. The van der Waals surface area contributed by atoms with Gasteiger partial charge >= 0.3 is 0 Å². The predicted octanol–water partition coefficient (Wildman–Crippen LogP) is 1.36. The van der Waals surface area contributed by atoms with E-state index in [1.807, 2.05) is 19.9 Å². The molecule has 0 aliphatic carbocycles. The minimum atomic E-state index is 0.563. The fourth-order valence-electron chi connectivity index (χ4n) is 0.738. The summed E-state index contributed by atoms with van der Waals surface area (Å²) in [5.41, 5.74) is 2.03. The summed E-state index contributed by atoms with van der Waals surface area (Å²) in [5.74, 6) is 0. The van der Waals surface area contributed by atoms with Crippen LogP contribution in [0.3, 0.4) is 0 Å². The lowest BCUT2D eigenvalue weighted by Gasteiger charge is -1.92. The molecular weight excluding hydrogens is 160 g/mol. The maximum atomic E-state index is 7.00. The lowest BCUT2D eigenvalue weighted by Crippen LogP contribution is -1.87. The van der Waals surface area contributed by atoms with E-state index in [0.717, 1.165) is 18.5 Å². The Labute approximate surface area is 71.1 Å². The molecule has 0 aliphatic heterocycles. The molecule has 0 spiro atoms. The van der Waals surface area contributed by atoms with Crippen LogP contribution >= 0.6 is 12.2 Å². The Hall–Kier alpha value is -0.740. The number of rotatable bonds is 0. The fourth-order valence-corrected chi connectivity index (χ4v) is 1.04. The van der Waals surface area contributed by atoms with Gasteiger partial charge in [0.2, 0.25) is 0 Å². The molecule has 0 saturated heterocycles. The summed E-state index contributed by atoms with van der Waals surface area (Å²) in [4.78, 5) is 6.91. The molecule has 11 heavy (non-hydrogen) atoms. The van der Waals surface area contributed by atoms with Crippen molar-refractivity contribution in [2.45, 2.75) is 13.8 Å². The maximum absolute atomic E-state index is 7.00. The van der Waals surface area contributed by atoms with Crippen molar-refractivity contribution < 1.29 is 5.11 Å².